The van der Waals surface area contributed by atoms with Crippen LogP contribution in [0.25, 0.3) is 0 Å². The fourth-order valence-electron chi connectivity index (χ4n) is 2.45. The molecule has 0 atom stereocenters. The Morgan fingerprint density at radius 3 is 2.32 bits per heavy atom. The number of hydrogen-bond donors (Lipinski definition) is 0. The van der Waals surface area contributed by atoms with Crippen molar-refractivity contribution in [2.24, 2.45) is 0 Å². The van der Waals surface area contributed by atoms with Crippen molar-refractivity contribution >= 4 is 11.9 Å². The van der Waals surface area contributed by atoms with Gasteiger partial charge < -0.3 is 14.4 Å². The third-order valence-electron chi connectivity index (χ3n) is 3.93. The van der Waals surface area contributed by atoms with Gasteiger partial charge in [0.05, 0.1) is 12.7 Å². The second-order valence-corrected chi connectivity index (χ2v) is 6.06. The highest BCUT2D eigenvalue weighted by atomic mass is 19.4. The molecule has 2 aromatic rings. The number of benzene rings is 2. The SMILES string of the molecule is COC(=O)CCCN(C)C(=O)c1cccc(Oc2cccc(C(F)(F)F)c2)c1. The summed E-state index contributed by atoms with van der Waals surface area (Å²) in [7, 11) is 2.90. The summed E-state index contributed by atoms with van der Waals surface area (Å²) >= 11 is 0. The molecular formula is C20H20F3NO4. The van der Waals surface area contributed by atoms with Crippen LogP contribution in [-0.2, 0) is 15.7 Å². The first kappa shape index (κ1) is 21.3. The van der Waals surface area contributed by atoms with E-state index in [1.54, 1.807) is 25.2 Å². The number of ether oxygens (including phenoxy) is 2. The third-order valence-corrected chi connectivity index (χ3v) is 3.93. The van der Waals surface area contributed by atoms with E-state index < -0.39 is 11.7 Å². The Kier molecular flexibility index (Phi) is 7.03. The van der Waals surface area contributed by atoms with Crippen LogP contribution in [0.15, 0.2) is 48.5 Å². The Bertz CT molecular complexity index is 836. The van der Waals surface area contributed by atoms with Crippen molar-refractivity contribution in [2.75, 3.05) is 20.7 Å². The maximum absolute atomic E-state index is 12.8. The van der Waals surface area contributed by atoms with Crippen molar-refractivity contribution in [1.82, 2.24) is 4.90 Å². The Labute approximate surface area is 160 Å². The van der Waals surface area contributed by atoms with Crippen LogP contribution in [0.5, 0.6) is 11.5 Å². The largest absolute Gasteiger partial charge is 0.469 e. The highest BCUT2D eigenvalue weighted by Gasteiger charge is 2.30. The standard InChI is InChI=1S/C20H20F3NO4/c1-24(11-5-10-18(25)27-2)19(26)14-6-3-8-16(12-14)28-17-9-4-7-15(13-17)20(21,22)23/h3-4,6-9,12-13H,5,10-11H2,1-2H3. The lowest BCUT2D eigenvalue weighted by molar-refractivity contribution is -0.141. The van der Waals surface area contributed by atoms with Crippen LogP contribution >= 0.6 is 0 Å². The first-order valence-corrected chi connectivity index (χ1v) is 8.48. The molecule has 0 saturated heterocycles. The summed E-state index contributed by atoms with van der Waals surface area (Å²) in [4.78, 5) is 25.1. The van der Waals surface area contributed by atoms with Crippen LogP contribution in [-0.4, -0.2) is 37.5 Å². The van der Waals surface area contributed by atoms with E-state index in [9.17, 15) is 22.8 Å². The summed E-state index contributed by atoms with van der Waals surface area (Å²) in [6.45, 7) is 0.354. The molecule has 28 heavy (non-hydrogen) atoms. The molecule has 150 valence electrons. The highest BCUT2D eigenvalue weighted by Crippen LogP contribution is 2.32. The van der Waals surface area contributed by atoms with E-state index >= 15 is 0 Å². The van der Waals surface area contributed by atoms with E-state index in [1.807, 2.05) is 0 Å². The molecule has 0 unspecified atom stereocenters. The van der Waals surface area contributed by atoms with Gasteiger partial charge in [0.25, 0.3) is 5.91 Å². The minimum Gasteiger partial charge on any atom is -0.469 e. The molecule has 0 saturated carbocycles. The monoisotopic (exact) mass is 395 g/mol. The highest BCUT2D eigenvalue weighted by molar-refractivity contribution is 5.94. The normalized spacial score (nSPS) is 11.0. The Hall–Kier alpha value is -3.03. The topological polar surface area (TPSA) is 55.8 Å². The van der Waals surface area contributed by atoms with Gasteiger partial charge in [-0.05, 0) is 42.8 Å². The number of amides is 1. The maximum Gasteiger partial charge on any atom is 0.416 e. The molecule has 0 aliphatic carbocycles. The van der Waals surface area contributed by atoms with Gasteiger partial charge in [0, 0.05) is 25.6 Å². The minimum absolute atomic E-state index is 0.0193. The predicted octanol–water partition coefficient (Wildman–Crippen LogP) is 4.52. The third kappa shape index (κ3) is 6.00. The molecule has 5 nitrogen and oxygen atoms in total. The molecule has 2 rings (SSSR count). The molecular weight excluding hydrogens is 375 g/mol. The fourth-order valence-corrected chi connectivity index (χ4v) is 2.45. The Morgan fingerprint density at radius 2 is 1.68 bits per heavy atom. The van der Waals surface area contributed by atoms with Crippen molar-refractivity contribution < 1.29 is 32.2 Å². The minimum atomic E-state index is -4.47. The van der Waals surface area contributed by atoms with Crippen LogP contribution in [0, 0.1) is 0 Å². The zero-order valence-corrected chi connectivity index (χ0v) is 15.5. The van der Waals surface area contributed by atoms with E-state index in [1.165, 1.54) is 30.2 Å². The molecule has 0 aliphatic rings. The molecule has 8 heteroatoms. The van der Waals surface area contributed by atoms with Gasteiger partial charge >= 0.3 is 12.1 Å². The van der Waals surface area contributed by atoms with Crippen LogP contribution in [0.3, 0.4) is 0 Å². The lowest BCUT2D eigenvalue weighted by atomic mass is 10.1. The van der Waals surface area contributed by atoms with Gasteiger partial charge in [-0.1, -0.05) is 12.1 Å². The summed E-state index contributed by atoms with van der Waals surface area (Å²) in [6.07, 6.45) is -3.81. The smallest absolute Gasteiger partial charge is 0.416 e. The number of carbonyl (C=O) groups excluding carboxylic acids is 2. The van der Waals surface area contributed by atoms with Crippen molar-refractivity contribution in [2.45, 2.75) is 19.0 Å². The second-order valence-electron chi connectivity index (χ2n) is 6.06. The van der Waals surface area contributed by atoms with E-state index in [0.717, 1.165) is 12.1 Å². The van der Waals surface area contributed by atoms with Crippen molar-refractivity contribution in [3.05, 3.63) is 59.7 Å². The quantitative estimate of drug-likeness (QED) is 0.647. The molecule has 1 amide bonds. The summed E-state index contributed by atoms with van der Waals surface area (Å²) in [6, 6.07) is 10.7. The molecule has 0 heterocycles. The van der Waals surface area contributed by atoms with E-state index in [4.69, 9.17) is 4.74 Å². The van der Waals surface area contributed by atoms with Crippen LogP contribution in [0.2, 0.25) is 0 Å². The number of hydrogen-bond acceptors (Lipinski definition) is 4. The van der Waals surface area contributed by atoms with Crippen molar-refractivity contribution in [3.63, 3.8) is 0 Å². The molecule has 2 aromatic carbocycles. The molecule has 0 aromatic heterocycles. The van der Waals surface area contributed by atoms with Gasteiger partial charge in [0.1, 0.15) is 11.5 Å². The van der Waals surface area contributed by atoms with Gasteiger partial charge in [-0.25, -0.2) is 0 Å². The zero-order valence-electron chi connectivity index (χ0n) is 15.5. The van der Waals surface area contributed by atoms with Gasteiger partial charge in [-0.3, -0.25) is 9.59 Å². The average Bonchev–Trinajstić information content (AvgIpc) is 2.67. The number of halogens is 3. The molecule has 0 N–H and O–H groups in total. The second kappa shape index (κ2) is 9.25. The Morgan fingerprint density at radius 1 is 1.04 bits per heavy atom. The van der Waals surface area contributed by atoms with Crippen molar-refractivity contribution in [1.29, 1.82) is 0 Å². The average molecular weight is 395 g/mol. The van der Waals surface area contributed by atoms with Gasteiger partial charge in [-0.2, -0.15) is 13.2 Å². The molecule has 0 spiro atoms. The molecule has 0 bridgehead atoms. The van der Waals surface area contributed by atoms with Crippen LogP contribution < -0.4 is 4.74 Å². The molecule has 0 radical (unpaired) electrons. The summed E-state index contributed by atoms with van der Waals surface area (Å²) in [5.41, 5.74) is -0.493. The van der Waals surface area contributed by atoms with E-state index in [-0.39, 0.29) is 29.8 Å². The number of nitrogens with zero attached hydrogens (tertiary/aromatic N) is 1. The number of alkyl halides is 3. The van der Waals surface area contributed by atoms with Gasteiger partial charge in [-0.15, -0.1) is 0 Å². The number of esters is 1. The van der Waals surface area contributed by atoms with Crippen LogP contribution in [0.4, 0.5) is 13.2 Å². The summed E-state index contributed by atoms with van der Waals surface area (Å²) in [5, 5.41) is 0. The lowest BCUT2D eigenvalue weighted by Gasteiger charge is -2.17. The van der Waals surface area contributed by atoms with Crippen LogP contribution in [0.1, 0.15) is 28.8 Å². The first-order valence-electron chi connectivity index (χ1n) is 8.48. The number of rotatable bonds is 7. The van der Waals surface area contributed by atoms with E-state index in [0.29, 0.717) is 18.5 Å². The predicted molar refractivity (Wildman–Crippen MR) is 96.2 cm³/mol. The molecule has 0 fully saturated rings. The lowest BCUT2D eigenvalue weighted by Crippen LogP contribution is -2.28. The zero-order chi connectivity index (χ0) is 20.7. The maximum atomic E-state index is 12.8. The van der Waals surface area contributed by atoms with E-state index in [2.05, 4.69) is 4.74 Å². The summed E-state index contributed by atoms with van der Waals surface area (Å²) < 4.78 is 48.4. The number of methoxy groups -OCH3 is 1. The fraction of sp³-hybridized carbons (Fsp3) is 0.300. The summed E-state index contributed by atoms with van der Waals surface area (Å²) in [5.74, 6) is -0.379. The number of carbonyl (C=O) groups is 2. The molecule has 0 aliphatic heterocycles. The van der Waals surface area contributed by atoms with Crippen molar-refractivity contribution in [3.8, 4) is 11.5 Å². The van der Waals surface area contributed by atoms with Gasteiger partial charge in [0.2, 0.25) is 0 Å². The Balaban J connectivity index is 2.05. The first-order chi connectivity index (χ1) is 13.2. The van der Waals surface area contributed by atoms with Gasteiger partial charge in [0.15, 0.2) is 0 Å².